The van der Waals surface area contributed by atoms with Gasteiger partial charge in [-0.1, -0.05) is 18.2 Å². The summed E-state index contributed by atoms with van der Waals surface area (Å²) in [5, 5.41) is 2.65. The average Bonchev–Trinajstić information content (AvgIpc) is 2.05. The van der Waals surface area contributed by atoms with Crippen LogP contribution in [0, 0.1) is 13.8 Å². The number of amides is 1. The van der Waals surface area contributed by atoms with Crippen molar-refractivity contribution < 1.29 is 4.79 Å². The summed E-state index contributed by atoms with van der Waals surface area (Å²) in [6.07, 6.45) is 0. The molecule has 0 unspecified atom stereocenters. The maximum atomic E-state index is 11.3. The molecule has 1 N–H and O–H groups in total. The Balaban J connectivity index is 2.87. The molecule has 2 heteroatoms. The molecule has 0 bridgehead atoms. The monoisotopic (exact) mass is 162 g/mol. The van der Waals surface area contributed by atoms with Crippen molar-refractivity contribution in [3.8, 4) is 0 Å². The Morgan fingerprint density at radius 2 is 2.17 bits per heavy atom. The highest BCUT2D eigenvalue weighted by atomic mass is 16.1. The van der Waals surface area contributed by atoms with Crippen LogP contribution in [0.15, 0.2) is 24.3 Å². The quantitative estimate of drug-likeness (QED) is 0.702. The fourth-order valence-corrected chi connectivity index (χ4v) is 1.04. The molecule has 0 atom stereocenters. The van der Waals surface area contributed by atoms with Gasteiger partial charge in [0.15, 0.2) is 0 Å². The van der Waals surface area contributed by atoms with Crippen LogP contribution in [-0.4, -0.2) is 12.5 Å². The second-order valence-electron chi connectivity index (χ2n) is 2.57. The predicted molar refractivity (Wildman–Crippen MR) is 48.9 cm³/mol. The molecule has 2 nitrogen and oxygen atoms in total. The third kappa shape index (κ3) is 1.84. The van der Waals surface area contributed by atoms with Crippen molar-refractivity contribution in [3.63, 3.8) is 0 Å². The van der Waals surface area contributed by atoms with E-state index in [9.17, 15) is 4.79 Å². The van der Waals surface area contributed by atoms with E-state index in [-0.39, 0.29) is 5.91 Å². The minimum absolute atomic E-state index is 0.0527. The van der Waals surface area contributed by atoms with E-state index < -0.39 is 0 Å². The van der Waals surface area contributed by atoms with E-state index in [4.69, 9.17) is 0 Å². The van der Waals surface area contributed by atoms with Crippen molar-refractivity contribution in [2.75, 3.05) is 6.54 Å². The molecule has 1 rings (SSSR count). The van der Waals surface area contributed by atoms with Crippen molar-refractivity contribution in [3.05, 3.63) is 42.3 Å². The summed E-state index contributed by atoms with van der Waals surface area (Å²) >= 11 is 0. The minimum Gasteiger partial charge on any atom is -0.352 e. The standard InChI is InChI=1S/C10H12NO/c1-3-11-10(12)9-7-5-4-6-8(9)2/h4-7H,1,3H2,2H3,(H,11,12). The lowest BCUT2D eigenvalue weighted by atomic mass is 10.1. The van der Waals surface area contributed by atoms with Crippen molar-refractivity contribution >= 4 is 5.91 Å². The lowest BCUT2D eigenvalue weighted by molar-refractivity contribution is 0.0957. The van der Waals surface area contributed by atoms with Crippen molar-refractivity contribution in [2.45, 2.75) is 6.92 Å². The van der Waals surface area contributed by atoms with Gasteiger partial charge in [-0.15, -0.1) is 0 Å². The highest BCUT2D eigenvalue weighted by Crippen LogP contribution is 2.05. The zero-order valence-corrected chi connectivity index (χ0v) is 7.13. The van der Waals surface area contributed by atoms with E-state index in [0.717, 1.165) is 11.1 Å². The molecule has 0 heterocycles. The fourth-order valence-electron chi connectivity index (χ4n) is 1.04. The molecule has 12 heavy (non-hydrogen) atoms. The number of nitrogens with one attached hydrogen (secondary N) is 1. The molecule has 63 valence electrons. The van der Waals surface area contributed by atoms with Crippen LogP contribution in [-0.2, 0) is 0 Å². The van der Waals surface area contributed by atoms with Gasteiger partial charge in [0.1, 0.15) is 0 Å². The second kappa shape index (κ2) is 3.90. The molecule has 0 aromatic heterocycles. The molecule has 0 aliphatic carbocycles. The van der Waals surface area contributed by atoms with E-state index in [1.807, 2.05) is 25.1 Å². The molecule has 0 aliphatic rings. The second-order valence-corrected chi connectivity index (χ2v) is 2.57. The third-order valence-corrected chi connectivity index (χ3v) is 1.68. The van der Waals surface area contributed by atoms with Gasteiger partial charge in [-0.2, -0.15) is 0 Å². The van der Waals surface area contributed by atoms with E-state index in [1.54, 1.807) is 6.07 Å². The molecule has 0 aliphatic heterocycles. The number of aryl methyl sites for hydroxylation is 1. The minimum atomic E-state index is -0.0527. The van der Waals surface area contributed by atoms with Gasteiger partial charge >= 0.3 is 0 Å². The zero-order chi connectivity index (χ0) is 8.97. The molecule has 0 saturated carbocycles. The number of rotatable bonds is 2. The van der Waals surface area contributed by atoms with Crippen molar-refractivity contribution in [1.82, 2.24) is 5.32 Å². The lowest BCUT2D eigenvalue weighted by Crippen LogP contribution is -2.23. The molecule has 1 aromatic rings. The maximum Gasteiger partial charge on any atom is 0.251 e. The molecule has 1 aromatic carbocycles. The molecular formula is C10H12NO. The predicted octanol–water partition coefficient (Wildman–Crippen LogP) is 1.56. The van der Waals surface area contributed by atoms with Gasteiger partial charge in [0, 0.05) is 12.1 Å². The number of carbonyl (C=O) groups is 1. The number of hydrogen-bond donors (Lipinski definition) is 1. The number of benzene rings is 1. The summed E-state index contributed by atoms with van der Waals surface area (Å²) in [5.74, 6) is -0.0527. The summed E-state index contributed by atoms with van der Waals surface area (Å²) in [5.41, 5.74) is 1.71. The van der Waals surface area contributed by atoms with E-state index in [0.29, 0.717) is 6.54 Å². The Bertz CT molecular complexity index is 281. The fraction of sp³-hybridized carbons (Fsp3) is 0.200. The van der Waals surface area contributed by atoms with Crippen LogP contribution in [0.4, 0.5) is 0 Å². The van der Waals surface area contributed by atoms with Gasteiger partial charge in [0.05, 0.1) is 0 Å². The van der Waals surface area contributed by atoms with Gasteiger partial charge in [-0.25, -0.2) is 0 Å². The van der Waals surface area contributed by atoms with Crippen LogP contribution >= 0.6 is 0 Å². The van der Waals surface area contributed by atoms with Gasteiger partial charge < -0.3 is 5.32 Å². The summed E-state index contributed by atoms with van der Waals surface area (Å²) in [4.78, 5) is 11.3. The molecule has 1 amide bonds. The highest BCUT2D eigenvalue weighted by Gasteiger charge is 2.04. The Labute approximate surface area is 72.6 Å². The molecular weight excluding hydrogens is 150 g/mol. The summed E-state index contributed by atoms with van der Waals surface area (Å²) in [6, 6.07) is 7.49. The summed E-state index contributed by atoms with van der Waals surface area (Å²) in [7, 11) is 0. The van der Waals surface area contributed by atoms with Crippen molar-refractivity contribution in [2.24, 2.45) is 0 Å². The van der Waals surface area contributed by atoms with Crippen LogP contribution in [0.1, 0.15) is 15.9 Å². The van der Waals surface area contributed by atoms with Crippen LogP contribution in [0.2, 0.25) is 0 Å². The smallest absolute Gasteiger partial charge is 0.251 e. The Kier molecular flexibility index (Phi) is 2.86. The molecule has 0 saturated heterocycles. The Morgan fingerprint density at radius 3 is 2.75 bits per heavy atom. The van der Waals surface area contributed by atoms with Crippen LogP contribution in [0.3, 0.4) is 0 Å². The topological polar surface area (TPSA) is 29.1 Å². The summed E-state index contributed by atoms with van der Waals surface area (Å²) in [6.45, 7) is 5.89. The first-order valence-corrected chi connectivity index (χ1v) is 3.89. The number of carbonyl (C=O) groups excluding carboxylic acids is 1. The zero-order valence-electron chi connectivity index (χ0n) is 7.13. The Hall–Kier alpha value is -1.31. The molecule has 1 radical (unpaired) electrons. The van der Waals surface area contributed by atoms with Gasteiger partial charge in [-0.05, 0) is 25.5 Å². The first-order valence-electron chi connectivity index (χ1n) is 3.89. The van der Waals surface area contributed by atoms with E-state index >= 15 is 0 Å². The van der Waals surface area contributed by atoms with E-state index in [2.05, 4.69) is 12.2 Å². The third-order valence-electron chi connectivity index (χ3n) is 1.68. The van der Waals surface area contributed by atoms with Crippen LogP contribution in [0.5, 0.6) is 0 Å². The first kappa shape index (κ1) is 8.78. The van der Waals surface area contributed by atoms with Crippen LogP contribution < -0.4 is 5.32 Å². The molecule has 0 fully saturated rings. The lowest BCUT2D eigenvalue weighted by Gasteiger charge is -2.04. The average molecular weight is 162 g/mol. The van der Waals surface area contributed by atoms with Crippen LogP contribution in [0.25, 0.3) is 0 Å². The maximum absolute atomic E-state index is 11.3. The largest absolute Gasteiger partial charge is 0.352 e. The summed E-state index contributed by atoms with van der Waals surface area (Å²) < 4.78 is 0. The van der Waals surface area contributed by atoms with Gasteiger partial charge in [0.2, 0.25) is 0 Å². The van der Waals surface area contributed by atoms with Gasteiger partial charge in [0.25, 0.3) is 5.91 Å². The molecule has 0 spiro atoms. The van der Waals surface area contributed by atoms with Crippen molar-refractivity contribution in [1.29, 1.82) is 0 Å². The first-order chi connectivity index (χ1) is 5.75. The SMILES string of the molecule is [CH2]CNC(=O)c1ccccc1C. The highest BCUT2D eigenvalue weighted by molar-refractivity contribution is 5.95. The normalized spacial score (nSPS) is 9.50. The van der Waals surface area contributed by atoms with Gasteiger partial charge in [-0.3, -0.25) is 4.79 Å². The Morgan fingerprint density at radius 1 is 1.50 bits per heavy atom. The van der Waals surface area contributed by atoms with E-state index in [1.165, 1.54) is 0 Å². The number of hydrogen-bond acceptors (Lipinski definition) is 1.